The van der Waals surface area contributed by atoms with Gasteiger partial charge < -0.3 is 10.1 Å². The molecule has 0 aliphatic carbocycles. The minimum Gasteiger partial charge on any atom is -0.497 e. The van der Waals surface area contributed by atoms with Gasteiger partial charge >= 0.3 is 0 Å². The molecule has 0 aromatic heterocycles. The third-order valence-electron chi connectivity index (χ3n) is 2.99. The van der Waals surface area contributed by atoms with Crippen molar-refractivity contribution in [1.29, 1.82) is 0 Å². The van der Waals surface area contributed by atoms with E-state index in [9.17, 15) is 9.59 Å². The number of thioether (sulfide) groups is 1. The van der Waals surface area contributed by atoms with Crippen molar-refractivity contribution in [2.24, 2.45) is 4.99 Å². The highest BCUT2D eigenvalue weighted by Crippen LogP contribution is 2.11. The lowest BCUT2D eigenvalue weighted by Crippen LogP contribution is -2.29. The van der Waals surface area contributed by atoms with E-state index in [1.54, 1.807) is 61.9 Å². The van der Waals surface area contributed by atoms with Gasteiger partial charge in [0.2, 0.25) is 0 Å². The normalized spacial score (nSPS) is 11.0. The van der Waals surface area contributed by atoms with Crippen molar-refractivity contribution < 1.29 is 14.3 Å². The molecule has 0 saturated carbocycles. The van der Waals surface area contributed by atoms with E-state index in [4.69, 9.17) is 4.74 Å². The van der Waals surface area contributed by atoms with Crippen LogP contribution in [0.25, 0.3) is 0 Å². The molecule has 0 radical (unpaired) electrons. The zero-order valence-corrected chi connectivity index (χ0v) is 13.6. The lowest BCUT2D eigenvalue weighted by atomic mass is 10.2. The van der Waals surface area contributed by atoms with Crippen LogP contribution in [0.15, 0.2) is 59.6 Å². The van der Waals surface area contributed by atoms with Crippen LogP contribution in [0, 0.1) is 0 Å². The SMILES string of the molecule is COc1ccc(C(=O)NC(=NC(=O)c2ccccc2)SC)cc1. The number of hydrogen-bond donors (Lipinski definition) is 1. The monoisotopic (exact) mass is 328 g/mol. The largest absolute Gasteiger partial charge is 0.497 e. The molecule has 5 nitrogen and oxygen atoms in total. The Morgan fingerprint density at radius 3 is 2.22 bits per heavy atom. The summed E-state index contributed by atoms with van der Waals surface area (Å²) in [5, 5.41) is 2.88. The highest BCUT2D eigenvalue weighted by molar-refractivity contribution is 8.13. The summed E-state index contributed by atoms with van der Waals surface area (Å²) in [6, 6.07) is 15.4. The maximum absolute atomic E-state index is 12.2. The topological polar surface area (TPSA) is 67.8 Å². The number of nitrogens with zero attached hydrogens (tertiary/aromatic N) is 1. The summed E-state index contributed by atoms with van der Waals surface area (Å²) < 4.78 is 5.05. The van der Waals surface area contributed by atoms with Gasteiger partial charge in [-0.2, -0.15) is 4.99 Å². The van der Waals surface area contributed by atoms with Gasteiger partial charge in [-0.3, -0.25) is 9.59 Å². The number of nitrogens with one attached hydrogen (secondary N) is 1. The molecule has 0 heterocycles. The molecular weight excluding hydrogens is 312 g/mol. The number of hydrogen-bond acceptors (Lipinski definition) is 4. The Balaban J connectivity index is 2.10. The molecule has 0 bridgehead atoms. The molecule has 0 saturated heterocycles. The number of carbonyl (C=O) groups is 2. The first kappa shape index (κ1) is 16.8. The fourth-order valence-electron chi connectivity index (χ4n) is 1.77. The van der Waals surface area contributed by atoms with E-state index in [-0.39, 0.29) is 11.1 Å². The van der Waals surface area contributed by atoms with E-state index in [1.165, 1.54) is 11.8 Å². The van der Waals surface area contributed by atoms with Crippen LogP contribution >= 0.6 is 11.8 Å². The highest BCUT2D eigenvalue weighted by atomic mass is 32.2. The maximum atomic E-state index is 12.2. The van der Waals surface area contributed by atoms with Crippen LogP contribution in [0.5, 0.6) is 5.75 Å². The van der Waals surface area contributed by atoms with Crippen molar-refractivity contribution in [2.45, 2.75) is 0 Å². The lowest BCUT2D eigenvalue weighted by Gasteiger charge is -2.07. The molecule has 0 aliphatic heterocycles. The Bertz CT molecular complexity index is 712. The standard InChI is InChI=1S/C17H16N2O3S/c1-22-14-10-8-13(9-11-14)16(21)19-17(23-2)18-15(20)12-6-4-3-5-7-12/h3-11H,1-2H3,(H,18,19,20,21). The van der Waals surface area contributed by atoms with Crippen LogP contribution < -0.4 is 10.1 Å². The van der Waals surface area contributed by atoms with Crippen LogP contribution in [-0.4, -0.2) is 30.3 Å². The van der Waals surface area contributed by atoms with Gasteiger partial charge in [-0.25, -0.2) is 0 Å². The number of rotatable bonds is 3. The van der Waals surface area contributed by atoms with Crippen LogP contribution in [0.2, 0.25) is 0 Å². The molecule has 118 valence electrons. The fraction of sp³-hybridized carbons (Fsp3) is 0.118. The average Bonchev–Trinajstić information content (AvgIpc) is 2.61. The summed E-state index contributed by atoms with van der Waals surface area (Å²) in [5.41, 5.74) is 0.928. The predicted molar refractivity (Wildman–Crippen MR) is 92.2 cm³/mol. The molecule has 0 fully saturated rings. The van der Waals surface area contributed by atoms with E-state index in [1.807, 2.05) is 6.07 Å². The van der Waals surface area contributed by atoms with Crippen LogP contribution in [0.1, 0.15) is 20.7 Å². The average molecular weight is 328 g/mol. The fourth-order valence-corrected chi connectivity index (χ4v) is 2.14. The second-order valence-corrected chi connectivity index (χ2v) is 5.27. The summed E-state index contributed by atoms with van der Waals surface area (Å²) in [6.07, 6.45) is 1.74. The van der Waals surface area contributed by atoms with Crippen LogP contribution in [-0.2, 0) is 0 Å². The Morgan fingerprint density at radius 2 is 1.65 bits per heavy atom. The maximum Gasteiger partial charge on any atom is 0.279 e. The molecule has 2 aromatic rings. The van der Waals surface area contributed by atoms with Crippen molar-refractivity contribution in [1.82, 2.24) is 5.32 Å². The first-order valence-electron chi connectivity index (χ1n) is 6.81. The molecule has 0 spiro atoms. The van der Waals surface area contributed by atoms with Crippen molar-refractivity contribution in [3.05, 3.63) is 65.7 Å². The molecule has 0 aliphatic rings. The molecule has 2 amide bonds. The van der Waals surface area contributed by atoms with Crippen LogP contribution in [0.3, 0.4) is 0 Å². The van der Waals surface area contributed by atoms with E-state index >= 15 is 0 Å². The Hall–Kier alpha value is -2.60. The van der Waals surface area contributed by atoms with Gasteiger partial charge in [-0.1, -0.05) is 30.0 Å². The zero-order chi connectivity index (χ0) is 16.7. The number of amides is 2. The van der Waals surface area contributed by atoms with Gasteiger partial charge in [0.25, 0.3) is 11.8 Å². The second-order valence-electron chi connectivity index (χ2n) is 4.47. The number of amidine groups is 1. The smallest absolute Gasteiger partial charge is 0.279 e. The zero-order valence-electron chi connectivity index (χ0n) is 12.8. The molecule has 0 atom stereocenters. The molecule has 1 N–H and O–H groups in total. The summed E-state index contributed by atoms with van der Waals surface area (Å²) in [6.45, 7) is 0. The molecule has 6 heteroatoms. The van der Waals surface area contributed by atoms with Crippen molar-refractivity contribution >= 4 is 28.7 Å². The van der Waals surface area contributed by atoms with Gasteiger partial charge in [0.15, 0.2) is 5.17 Å². The summed E-state index contributed by atoms with van der Waals surface area (Å²) in [5.74, 6) is -0.0637. The molecule has 0 unspecified atom stereocenters. The minimum absolute atomic E-state index is 0.250. The third-order valence-corrected chi connectivity index (χ3v) is 3.57. The number of carbonyl (C=O) groups excluding carboxylic acids is 2. The van der Waals surface area contributed by atoms with Crippen molar-refractivity contribution in [3.63, 3.8) is 0 Å². The summed E-state index contributed by atoms with van der Waals surface area (Å²) >= 11 is 1.20. The van der Waals surface area contributed by atoms with Crippen LogP contribution in [0.4, 0.5) is 0 Å². The predicted octanol–water partition coefficient (Wildman–Crippen LogP) is 2.98. The number of benzene rings is 2. The van der Waals surface area contributed by atoms with E-state index in [0.717, 1.165) is 0 Å². The lowest BCUT2D eigenvalue weighted by molar-refractivity contribution is 0.0978. The van der Waals surface area contributed by atoms with E-state index in [0.29, 0.717) is 16.9 Å². The number of ether oxygens (including phenoxy) is 1. The van der Waals surface area contributed by atoms with Gasteiger partial charge in [0.05, 0.1) is 7.11 Å². The van der Waals surface area contributed by atoms with Gasteiger partial charge in [-0.05, 0) is 42.7 Å². The highest BCUT2D eigenvalue weighted by Gasteiger charge is 2.11. The molecule has 2 rings (SSSR count). The third kappa shape index (κ3) is 4.69. The van der Waals surface area contributed by atoms with Gasteiger partial charge in [0.1, 0.15) is 5.75 Å². The quantitative estimate of drug-likeness (QED) is 0.695. The first-order valence-corrected chi connectivity index (χ1v) is 8.04. The Kier molecular flexibility index (Phi) is 5.94. The Labute approximate surface area is 138 Å². The summed E-state index contributed by atoms with van der Waals surface area (Å²) in [4.78, 5) is 28.2. The van der Waals surface area contributed by atoms with Crippen molar-refractivity contribution in [3.8, 4) is 5.75 Å². The van der Waals surface area contributed by atoms with Crippen molar-refractivity contribution in [2.75, 3.05) is 13.4 Å². The molecular formula is C17H16N2O3S. The van der Waals surface area contributed by atoms with Gasteiger partial charge in [-0.15, -0.1) is 0 Å². The first-order chi connectivity index (χ1) is 11.1. The number of aliphatic imine (C=N–C) groups is 1. The van der Waals surface area contributed by atoms with E-state index < -0.39 is 5.91 Å². The van der Waals surface area contributed by atoms with Gasteiger partial charge in [0, 0.05) is 11.1 Å². The molecule has 2 aromatic carbocycles. The minimum atomic E-state index is -0.398. The Morgan fingerprint density at radius 1 is 1.00 bits per heavy atom. The molecule has 23 heavy (non-hydrogen) atoms. The number of methoxy groups -OCH3 is 1. The summed E-state index contributed by atoms with van der Waals surface area (Å²) in [7, 11) is 1.56. The van der Waals surface area contributed by atoms with E-state index in [2.05, 4.69) is 10.3 Å². The second kappa shape index (κ2) is 8.14.